The number of rotatable bonds is 6. The fraction of sp³-hybridized carbons (Fsp3) is 0.455. The topological polar surface area (TPSA) is 72.6 Å². The lowest BCUT2D eigenvalue weighted by Crippen LogP contribution is -2.00. The monoisotopic (exact) mass is 225 g/mol. The molecule has 5 heteroatoms. The van der Waals surface area contributed by atoms with Crippen molar-refractivity contribution in [2.75, 3.05) is 13.2 Å². The van der Waals surface area contributed by atoms with E-state index >= 15 is 0 Å². The molecule has 0 aliphatic heterocycles. The zero-order chi connectivity index (χ0) is 12.0. The van der Waals surface area contributed by atoms with E-state index < -0.39 is 4.92 Å². The molecule has 0 spiro atoms. The number of unbranched alkanes of at least 4 members (excludes halogenated alkanes) is 1. The van der Waals surface area contributed by atoms with Gasteiger partial charge in [0.25, 0.3) is 5.69 Å². The van der Waals surface area contributed by atoms with Crippen LogP contribution in [0.1, 0.15) is 18.4 Å². The fourth-order valence-electron chi connectivity index (χ4n) is 1.31. The van der Waals surface area contributed by atoms with Crippen LogP contribution in [0, 0.1) is 17.0 Å². The van der Waals surface area contributed by atoms with Crippen LogP contribution in [0.5, 0.6) is 5.75 Å². The molecule has 0 atom stereocenters. The Morgan fingerprint density at radius 3 is 2.75 bits per heavy atom. The minimum atomic E-state index is -0.428. The van der Waals surface area contributed by atoms with Gasteiger partial charge in [-0.15, -0.1) is 0 Å². The van der Waals surface area contributed by atoms with E-state index in [-0.39, 0.29) is 12.3 Å². The lowest BCUT2D eigenvalue weighted by Gasteiger charge is -2.08. The van der Waals surface area contributed by atoms with Crippen LogP contribution in [0.4, 0.5) is 5.69 Å². The molecule has 0 saturated heterocycles. The molecule has 0 fully saturated rings. The van der Waals surface area contributed by atoms with Crippen LogP contribution < -0.4 is 4.74 Å². The number of hydrogen-bond acceptors (Lipinski definition) is 4. The fourth-order valence-corrected chi connectivity index (χ4v) is 1.31. The highest BCUT2D eigenvalue weighted by molar-refractivity contribution is 5.42. The second kappa shape index (κ2) is 6.07. The van der Waals surface area contributed by atoms with Crippen LogP contribution in [-0.4, -0.2) is 23.2 Å². The molecule has 1 aromatic carbocycles. The van der Waals surface area contributed by atoms with Gasteiger partial charge in [0.2, 0.25) is 0 Å². The number of nitro benzene ring substituents is 1. The van der Waals surface area contributed by atoms with Crippen molar-refractivity contribution in [1.29, 1.82) is 0 Å². The molecule has 0 heterocycles. The largest absolute Gasteiger partial charge is 0.493 e. The van der Waals surface area contributed by atoms with Crippen molar-refractivity contribution in [1.82, 2.24) is 0 Å². The van der Waals surface area contributed by atoms with Crippen LogP contribution in [0.2, 0.25) is 0 Å². The summed E-state index contributed by atoms with van der Waals surface area (Å²) >= 11 is 0. The van der Waals surface area contributed by atoms with Crippen LogP contribution in [0.3, 0.4) is 0 Å². The van der Waals surface area contributed by atoms with Crippen LogP contribution >= 0.6 is 0 Å². The molecule has 16 heavy (non-hydrogen) atoms. The summed E-state index contributed by atoms with van der Waals surface area (Å²) in [5.41, 5.74) is 0.818. The predicted octanol–water partition coefficient (Wildman–Crippen LogP) is 2.05. The third-order valence-electron chi connectivity index (χ3n) is 2.18. The van der Waals surface area contributed by atoms with Gasteiger partial charge in [0.1, 0.15) is 5.75 Å². The first-order valence-corrected chi connectivity index (χ1v) is 5.14. The van der Waals surface area contributed by atoms with Gasteiger partial charge >= 0.3 is 0 Å². The summed E-state index contributed by atoms with van der Waals surface area (Å²) in [6, 6.07) is 4.52. The molecule has 0 aliphatic carbocycles. The third kappa shape index (κ3) is 3.51. The summed E-state index contributed by atoms with van der Waals surface area (Å²) in [5.74, 6) is 0.656. The second-order valence-electron chi connectivity index (χ2n) is 3.49. The number of aliphatic hydroxyl groups excluding tert-OH is 1. The Labute approximate surface area is 93.8 Å². The number of aryl methyl sites for hydroxylation is 1. The highest BCUT2D eigenvalue weighted by Gasteiger charge is 2.08. The molecular formula is C11H15NO4. The second-order valence-corrected chi connectivity index (χ2v) is 3.49. The summed E-state index contributed by atoms with van der Waals surface area (Å²) in [6.45, 7) is 2.44. The van der Waals surface area contributed by atoms with Gasteiger partial charge in [-0.25, -0.2) is 0 Å². The van der Waals surface area contributed by atoms with Crippen molar-refractivity contribution in [2.45, 2.75) is 19.8 Å². The number of non-ortho nitro benzene ring substituents is 1. The highest BCUT2D eigenvalue weighted by Crippen LogP contribution is 2.23. The maximum atomic E-state index is 10.5. The Balaban J connectivity index is 2.57. The van der Waals surface area contributed by atoms with E-state index in [4.69, 9.17) is 9.84 Å². The summed E-state index contributed by atoms with van der Waals surface area (Å²) in [6.07, 6.45) is 1.47. The maximum absolute atomic E-state index is 10.5. The highest BCUT2D eigenvalue weighted by atomic mass is 16.6. The standard InChI is InChI=1S/C11H15NO4/c1-9-8-10(12(14)15)4-5-11(9)16-7-3-2-6-13/h4-5,8,13H,2-3,6-7H2,1H3. The average Bonchev–Trinajstić information content (AvgIpc) is 2.26. The predicted molar refractivity (Wildman–Crippen MR) is 59.6 cm³/mol. The average molecular weight is 225 g/mol. The van der Waals surface area contributed by atoms with Gasteiger partial charge in [0.15, 0.2) is 0 Å². The lowest BCUT2D eigenvalue weighted by atomic mass is 10.2. The Hall–Kier alpha value is -1.62. The zero-order valence-corrected chi connectivity index (χ0v) is 9.18. The van der Waals surface area contributed by atoms with Crippen LogP contribution in [0.25, 0.3) is 0 Å². The molecule has 1 rings (SSSR count). The zero-order valence-electron chi connectivity index (χ0n) is 9.18. The third-order valence-corrected chi connectivity index (χ3v) is 2.18. The SMILES string of the molecule is Cc1cc([N+](=O)[O-])ccc1OCCCCO. The number of nitrogens with zero attached hydrogens (tertiary/aromatic N) is 1. The van der Waals surface area contributed by atoms with Crippen molar-refractivity contribution in [3.63, 3.8) is 0 Å². The Kier molecular flexibility index (Phi) is 4.72. The van der Waals surface area contributed by atoms with Crippen molar-refractivity contribution in [3.05, 3.63) is 33.9 Å². The van der Waals surface area contributed by atoms with Crippen molar-refractivity contribution in [2.24, 2.45) is 0 Å². The summed E-state index contributed by atoms with van der Waals surface area (Å²) in [7, 11) is 0. The Morgan fingerprint density at radius 2 is 2.19 bits per heavy atom. The van der Waals surface area contributed by atoms with E-state index in [1.54, 1.807) is 13.0 Å². The first kappa shape index (κ1) is 12.4. The Bertz CT molecular complexity index is 365. The van der Waals surface area contributed by atoms with Gasteiger partial charge in [-0.3, -0.25) is 10.1 Å². The lowest BCUT2D eigenvalue weighted by molar-refractivity contribution is -0.384. The van der Waals surface area contributed by atoms with E-state index in [2.05, 4.69) is 0 Å². The normalized spacial score (nSPS) is 10.1. The molecule has 0 saturated carbocycles. The molecule has 88 valence electrons. The van der Waals surface area contributed by atoms with E-state index in [9.17, 15) is 10.1 Å². The van der Waals surface area contributed by atoms with Crippen LogP contribution in [-0.2, 0) is 0 Å². The van der Waals surface area contributed by atoms with E-state index in [1.807, 2.05) is 0 Å². The molecule has 0 aromatic heterocycles. The van der Waals surface area contributed by atoms with Gasteiger partial charge in [0, 0.05) is 18.7 Å². The van der Waals surface area contributed by atoms with Gasteiger partial charge < -0.3 is 9.84 Å². The van der Waals surface area contributed by atoms with E-state index in [0.29, 0.717) is 18.8 Å². The molecule has 0 unspecified atom stereocenters. The first-order valence-electron chi connectivity index (χ1n) is 5.14. The molecule has 0 amide bonds. The molecule has 0 bridgehead atoms. The quantitative estimate of drug-likeness (QED) is 0.457. The number of benzene rings is 1. The Morgan fingerprint density at radius 1 is 1.44 bits per heavy atom. The number of hydrogen-bond donors (Lipinski definition) is 1. The van der Waals surface area contributed by atoms with E-state index in [1.165, 1.54) is 12.1 Å². The van der Waals surface area contributed by atoms with Gasteiger partial charge in [0.05, 0.1) is 11.5 Å². The number of aliphatic hydroxyl groups is 1. The first-order chi connectivity index (χ1) is 7.65. The van der Waals surface area contributed by atoms with Gasteiger partial charge in [-0.2, -0.15) is 0 Å². The molecule has 5 nitrogen and oxygen atoms in total. The summed E-state index contributed by atoms with van der Waals surface area (Å²) < 4.78 is 5.44. The molecule has 1 aromatic rings. The smallest absolute Gasteiger partial charge is 0.269 e. The van der Waals surface area contributed by atoms with Crippen molar-refractivity contribution < 1.29 is 14.8 Å². The summed E-state index contributed by atoms with van der Waals surface area (Å²) in [4.78, 5) is 10.1. The van der Waals surface area contributed by atoms with Crippen molar-refractivity contribution >= 4 is 5.69 Å². The van der Waals surface area contributed by atoms with Gasteiger partial charge in [-0.05, 0) is 31.4 Å². The molecule has 0 radical (unpaired) electrons. The summed E-state index contributed by atoms with van der Waals surface area (Å²) in [5, 5.41) is 19.1. The minimum absolute atomic E-state index is 0.0696. The van der Waals surface area contributed by atoms with Gasteiger partial charge in [-0.1, -0.05) is 0 Å². The van der Waals surface area contributed by atoms with Crippen LogP contribution in [0.15, 0.2) is 18.2 Å². The molecule has 1 N–H and O–H groups in total. The number of nitro groups is 1. The molecule has 0 aliphatic rings. The maximum Gasteiger partial charge on any atom is 0.269 e. The van der Waals surface area contributed by atoms with E-state index in [0.717, 1.165) is 12.0 Å². The molecular weight excluding hydrogens is 210 g/mol. The minimum Gasteiger partial charge on any atom is -0.493 e. The number of ether oxygens (including phenoxy) is 1. The van der Waals surface area contributed by atoms with Crippen molar-refractivity contribution in [3.8, 4) is 5.75 Å².